The molecule has 0 aliphatic rings. The van der Waals surface area contributed by atoms with E-state index in [0.29, 0.717) is 6.42 Å². The molecule has 1 rings (SSSR count). The number of carbonyl (C=O) groups excluding carboxylic acids is 1. The average Bonchev–Trinajstić information content (AvgIpc) is 2.52. The van der Waals surface area contributed by atoms with Crippen molar-refractivity contribution >= 4 is 17.7 Å². The Morgan fingerprint density at radius 1 is 1.69 bits per heavy atom. The van der Waals surface area contributed by atoms with Crippen LogP contribution in [-0.4, -0.2) is 18.8 Å². The summed E-state index contributed by atoms with van der Waals surface area (Å²) < 4.78 is 9.64. The van der Waals surface area contributed by atoms with Crippen LogP contribution in [0.5, 0.6) is 0 Å². The van der Waals surface area contributed by atoms with Crippen molar-refractivity contribution in [3.63, 3.8) is 0 Å². The monoisotopic (exact) mass is 200 g/mol. The van der Waals surface area contributed by atoms with E-state index in [1.165, 1.54) is 7.11 Å². The van der Waals surface area contributed by atoms with Crippen LogP contribution in [0.25, 0.3) is 0 Å². The van der Waals surface area contributed by atoms with E-state index in [2.05, 4.69) is 4.74 Å². The summed E-state index contributed by atoms with van der Waals surface area (Å²) in [6.45, 7) is 1.90. The van der Waals surface area contributed by atoms with E-state index in [4.69, 9.17) is 4.42 Å². The summed E-state index contributed by atoms with van der Waals surface area (Å²) in [5.41, 5.74) is 0. The predicted molar refractivity (Wildman–Crippen MR) is 50.8 cm³/mol. The van der Waals surface area contributed by atoms with Gasteiger partial charge in [-0.25, -0.2) is 0 Å². The zero-order chi connectivity index (χ0) is 9.68. The third-order valence-corrected chi connectivity index (χ3v) is 2.75. The molecule has 1 aromatic rings. The Labute approximate surface area is 81.4 Å². The number of hydrogen-bond acceptors (Lipinski definition) is 4. The smallest absolute Gasteiger partial charge is 0.306 e. The Morgan fingerprint density at radius 3 is 3.00 bits per heavy atom. The normalized spacial score (nSPS) is 10.0. The summed E-state index contributed by atoms with van der Waals surface area (Å²) in [5, 5.41) is 0. The van der Waals surface area contributed by atoms with Crippen molar-refractivity contribution in [2.24, 2.45) is 0 Å². The van der Waals surface area contributed by atoms with E-state index in [1.807, 2.05) is 13.0 Å². The summed E-state index contributed by atoms with van der Waals surface area (Å²) in [7, 11) is 1.40. The second-order valence-electron chi connectivity index (χ2n) is 2.52. The van der Waals surface area contributed by atoms with Gasteiger partial charge in [-0.15, -0.1) is 11.8 Å². The Kier molecular flexibility index (Phi) is 3.89. The summed E-state index contributed by atoms with van der Waals surface area (Å²) in [6, 6.07) is 1.90. The minimum absolute atomic E-state index is 0.173. The summed E-state index contributed by atoms with van der Waals surface area (Å²) >= 11 is 1.60. The fraction of sp³-hybridized carbons (Fsp3) is 0.444. The quantitative estimate of drug-likeness (QED) is 0.552. The van der Waals surface area contributed by atoms with Gasteiger partial charge in [-0.1, -0.05) is 0 Å². The molecule has 4 heteroatoms. The van der Waals surface area contributed by atoms with Crippen molar-refractivity contribution in [3.05, 3.63) is 18.1 Å². The number of esters is 1. The van der Waals surface area contributed by atoms with Crippen LogP contribution in [-0.2, 0) is 9.53 Å². The van der Waals surface area contributed by atoms with Crippen LogP contribution in [0.15, 0.2) is 21.6 Å². The predicted octanol–water partition coefficient (Wildman–Crippen LogP) is 2.24. The summed E-state index contributed by atoms with van der Waals surface area (Å²) in [5.74, 6) is 1.45. The Hall–Kier alpha value is -0.900. The lowest BCUT2D eigenvalue weighted by atomic mass is 10.5. The van der Waals surface area contributed by atoms with Crippen molar-refractivity contribution in [2.75, 3.05) is 12.9 Å². The van der Waals surface area contributed by atoms with Gasteiger partial charge in [0.25, 0.3) is 0 Å². The number of methoxy groups -OCH3 is 1. The van der Waals surface area contributed by atoms with E-state index >= 15 is 0 Å². The van der Waals surface area contributed by atoms with Gasteiger partial charge in [0.15, 0.2) is 0 Å². The van der Waals surface area contributed by atoms with Crippen molar-refractivity contribution in [2.45, 2.75) is 18.2 Å². The molecule has 0 radical (unpaired) electrons. The standard InChI is InChI=1S/C9H12O3S/c1-7-8(3-5-12-7)13-6-4-9(10)11-2/h3,5H,4,6H2,1-2H3. The molecule has 0 N–H and O–H groups in total. The number of thioether (sulfide) groups is 1. The van der Waals surface area contributed by atoms with Crippen LogP contribution in [0, 0.1) is 6.92 Å². The van der Waals surface area contributed by atoms with Gasteiger partial charge in [0, 0.05) is 10.6 Å². The van der Waals surface area contributed by atoms with Crippen LogP contribution in [0.1, 0.15) is 12.2 Å². The third-order valence-electron chi connectivity index (χ3n) is 1.60. The van der Waals surface area contributed by atoms with Crippen molar-refractivity contribution in [1.29, 1.82) is 0 Å². The maximum atomic E-state index is 10.8. The molecular formula is C9H12O3S. The van der Waals surface area contributed by atoms with Gasteiger partial charge < -0.3 is 9.15 Å². The Bertz CT molecular complexity index is 280. The highest BCUT2D eigenvalue weighted by Crippen LogP contribution is 2.23. The summed E-state index contributed by atoms with van der Waals surface area (Å²) in [4.78, 5) is 11.9. The van der Waals surface area contributed by atoms with Crippen LogP contribution in [0.3, 0.4) is 0 Å². The van der Waals surface area contributed by atoms with Gasteiger partial charge in [-0.2, -0.15) is 0 Å². The van der Waals surface area contributed by atoms with E-state index in [-0.39, 0.29) is 5.97 Å². The van der Waals surface area contributed by atoms with Gasteiger partial charge in [0.2, 0.25) is 0 Å². The van der Waals surface area contributed by atoms with E-state index in [0.717, 1.165) is 16.4 Å². The largest absolute Gasteiger partial charge is 0.469 e. The molecule has 13 heavy (non-hydrogen) atoms. The number of aryl methyl sites for hydroxylation is 1. The molecule has 72 valence electrons. The molecule has 0 aliphatic carbocycles. The lowest BCUT2D eigenvalue weighted by Gasteiger charge is -1.98. The van der Waals surface area contributed by atoms with E-state index < -0.39 is 0 Å². The molecule has 0 bridgehead atoms. The van der Waals surface area contributed by atoms with Gasteiger partial charge >= 0.3 is 5.97 Å². The molecule has 0 saturated heterocycles. The van der Waals surface area contributed by atoms with Gasteiger partial charge in [0.05, 0.1) is 19.8 Å². The molecule has 0 aromatic carbocycles. The molecule has 0 amide bonds. The fourth-order valence-electron chi connectivity index (χ4n) is 0.869. The molecular weight excluding hydrogens is 188 g/mol. The molecule has 0 aliphatic heterocycles. The average molecular weight is 200 g/mol. The molecule has 0 spiro atoms. The van der Waals surface area contributed by atoms with Gasteiger partial charge in [-0.3, -0.25) is 4.79 Å². The van der Waals surface area contributed by atoms with Crippen molar-refractivity contribution < 1.29 is 13.9 Å². The highest BCUT2D eigenvalue weighted by molar-refractivity contribution is 7.99. The minimum Gasteiger partial charge on any atom is -0.469 e. The molecule has 3 nitrogen and oxygen atoms in total. The van der Waals surface area contributed by atoms with Crippen LogP contribution >= 0.6 is 11.8 Å². The van der Waals surface area contributed by atoms with Gasteiger partial charge in [0.1, 0.15) is 5.76 Å². The number of ether oxygens (including phenoxy) is 1. The first-order valence-electron chi connectivity index (χ1n) is 3.97. The Morgan fingerprint density at radius 2 is 2.46 bits per heavy atom. The number of carbonyl (C=O) groups is 1. The molecule has 0 atom stereocenters. The fourth-order valence-corrected chi connectivity index (χ4v) is 1.76. The lowest BCUT2D eigenvalue weighted by Crippen LogP contribution is -2.00. The maximum Gasteiger partial charge on any atom is 0.306 e. The van der Waals surface area contributed by atoms with Crippen LogP contribution in [0.4, 0.5) is 0 Å². The molecule has 1 aromatic heterocycles. The van der Waals surface area contributed by atoms with Crippen molar-refractivity contribution in [3.8, 4) is 0 Å². The highest BCUT2D eigenvalue weighted by atomic mass is 32.2. The molecule has 1 heterocycles. The molecule has 0 unspecified atom stereocenters. The van der Waals surface area contributed by atoms with Crippen LogP contribution < -0.4 is 0 Å². The zero-order valence-electron chi connectivity index (χ0n) is 7.70. The third kappa shape index (κ3) is 3.14. The summed E-state index contributed by atoms with van der Waals surface area (Å²) in [6.07, 6.45) is 2.08. The van der Waals surface area contributed by atoms with E-state index in [9.17, 15) is 4.79 Å². The first kappa shape index (κ1) is 10.2. The van der Waals surface area contributed by atoms with Crippen molar-refractivity contribution in [1.82, 2.24) is 0 Å². The first-order valence-corrected chi connectivity index (χ1v) is 4.96. The number of hydrogen-bond donors (Lipinski definition) is 0. The zero-order valence-corrected chi connectivity index (χ0v) is 8.52. The second-order valence-corrected chi connectivity index (χ2v) is 3.65. The van der Waals surface area contributed by atoms with Crippen LogP contribution in [0.2, 0.25) is 0 Å². The van der Waals surface area contributed by atoms with E-state index in [1.54, 1.807) is 18.0 Å². The first-order chi connectivity index (χ1) is 6.24. The molecule has 0 saturated carbocycles. The topological polar surface area (TPSA) is 39.4 Å². The number of furan rings is 1. The second kappa shape index (κ2) is 4.97. The lowest BCUT2D eigenvalue weighted by molar-refractivity contribution is -0.140. The molecule has 0 fully saturated rings. The minimum atomic E-state index is -0.173. The highest BCUT2D eigenvalue weighted by Gasteiger charge is 2.04. The SMILES string of the molecule is COC(=O)CCSc1ccoc1C. The maximum absolute atomic E-state index is 10.8. The number of rotatable bonds is 4. The Balaban J connectivity index is 2.28. The van der Waals surface area contributed by atoms with Gasteiger partial charge in [-0.05, 0) is 13.0 Å².